The monoisotopic (exact) mass is 241 g/mol. The maximum Gasteiger partial charge on any atom is 0.317 e. The zero-order chi connectivity index (χ0) is 12.8. The van der Waals surface area contributed by atoms with Gasteiger partial charge in [-0.05, 0) is 13.8 Å². The molecule has 0 aliphatic carbocycles. The van der Waals surface area contributed by atoms with Crippen LogP contribution in [0, 0.1) is 6.92 Å². The highest BCUT2D eigenvalue weighted by atomic mass is 16.5. The molecule has 1 atom stereocenters. The smallest absolute Gasteiger partial charge is 0.317 e. The highest BCUT2D eigenvalue weighted by Crippen LogP contribution is 2.04. The van der Waals surface area contributed by atoms with Crippen LogP contribution in [0.4, 0.5) is 4.79 Å². The lowest BCUT2D eigenvalue weighted by Crippen LogP contribution is -2.43. The Morgan fingerprint density at radius 3 is 2.94 bits per heavy atom. The number of hydrogen-bond acceptors (Lipinski definition) is 4. The molecule has 0 spiro atoms. The second-order valence-electron chi connectivity index (χ2n) is 4.09. The topological polar surface area (TPSA) is 67.6 Å². The van der Waals surface area contributed by atoms with Crippen molar-refractivity contribution in [3.05, 3.63) is 17.5 Å². The van der Waals surface area contributed by atoms with Crippen molar-refractivity contribution >= 4 is 6.03 Å². The first-order valence-corrected chi connectivity index (χ1v) is 5.45. The van der Waals surface area contributed by atoms with E-state index in [4.69, 9.17) is 9.26 Å². The van der Waals surface area contributed by atoms with Crippen LogP contribution in [-0.2, 0) is 11.3 Å². The summed E-state index contributed by atoms with van der Waals surface area (Å²) in [6.07, 6.45) is 0. The minimum atomic E-state index is -0.157. The number of methoxy groups -OCH3 is 1. The van der Waals surface area contributed by atoms with Gasteiger partial charge in [-0.1, -0.05) is 5.16 Å². The summed E-state index contributed by atoms with van der Waals surface area (Å²) in [5, 5.41) is 6.64. The van der Waals surface area contributed by atoms with E-state index in [9.17, 15) is 4.79 Å². The van der Waals surface area contributed by atoms with Crippen LogP contribution in [0.5, 0.6) is 0 Å². The Bertz CT molecular complexity index is 365. The summed E-state index contributed by atoms with van der Waals surface area (Å²) in [7, 11) is 3.31. The van der Waals surface area contributed by atoms with Gasteiger partial charge in [0.25, 0.3) is 0 Å². The minimum absolute atomic E-state index is 0.0194. The summed E-state index contributed by atoms with van der Waals surface area (Å²) in [4.78, 5) is 13.3. The fraction of sp³-hybridized carbons (Fsp3) is 0.636. The molecule has 0 saturated carbocycles. The van der Waals surface area contributed by atoms with Crippen LogP contribution in [0.2, 0.25) is 0 Å². The van der Waals surface area contributed by atoms with E-state index in [-0.39, 0.29) is 12.1 Å². The number of carbonyl (C=O) groups is 1. The Morgan fingerprint density at radius 1 is 1.71 bits per heavy atom. The lowest BCUT2D eigenvalue weighted by Gasteiger charge is -2.19. The summed E-state index contributed by atoms with van der Waals surface area (Å²) in [6, 6.07) is 1.63. The van der Waals surface area contributed by atoms with Crippen LogP contribution in [-0.4, -0.2) is 42.9 Å². The zero-order valence-corrected chi connectivity index (χ0v) is 10.7. The van der Waals surface area contributed by atoms with Crippen molar-refractivity contribution in [2.45, 2.75) is 26.4 Å². The van der Waals surface area contributed by atoms with Gasteiger partial charge in [-0.25, -0.2) is 4.79 Å². The van der Waals surface area contributed by atoms with Crippen LogP contribution in [0.15, 0.2) is 10.6 Å². The molecule has 17 heavy (non-hydrogen) atoms. The molecule has 1 heterocycles. The van der Waals surface area contributed by atoms with Crippen molar-refractivity contribution in [1.82, 2.24) is 15.4 Å². The molecule has 0 unspecified atom stereocenters. The van der Waals surface area contributed by atoms with Gasteiger partial charge in [-0.15, -0.1) is 0 Å². The summed E-state index contributed by atoms with van der Waals surface area (Å²) in [6.45, 7) is 4.61. The Morgan fingerprint density at radius 2 is 2.41 bits per heavy atom. The molecule has 0 bridgehead atoms. The zero-order valence-electron chi connectivity index (χ0n) is 10.7. The number of aromatic nitrogens is 1. The van der Waals surface area contributed by atoms with Crippen LogP contribution < -0.4 is 5.32 Å². The summed E-state index contributed by atoms with van der Waals surface area (Å²) in [5.41, 5.74) is 0.736. The number of hydrogen-bond donors (Lipinski definition) is 1. The molecule has 1 N–H and O–H groups in total. The van der Waals surface area contributed by atoms with Gasteiger partial charge in [0.05, 0.1) is 19.2 Å². The summed E-state index contributed by atoms with van der Waals surface area (Å²) in [5.74, 6) is 0.738. The lowest BCUT2D eigenvalue weighted by molar-refractivity contribution is 0.162. The maximum atomic E-state index is 11.7. The van der Waals surface area contributed by atoms with Crippen LogP contribution in [0.3, 0.4) is 0 Å². The molecule has 6 nitrogen and oxygen atoms in total. The van der Waals surface area contributed by atoms with Gasteiger partial charge in [0.1, 0.15) is 11.5 Å². The van der Waals surface area contributed by atoms with Crippen molar-refractivity contribution in [1.29, 1.82) is 0 Å². The predicted molar refractivity (Wildman–Crippen MR) is 62.6 cm³/mol. The Balaban J connectivity index is 2.41. The number of carbonyl (C=O) groups excluding carboxylic acids is 1. The van der Waals surface area contributed by atoms with E-state index in [1.165, 1.54) is 0 Å². The second kappa shape index (κ2) is 6.24. The largest absolute Gasteiger partial charge is 0.383 e. The first-order valence-electron chi connectivity index (χ1n) is 5.45. The van der Waals surface area contributed by atoms with Crippen LogP contribution in [0.25, 0.3) is 0 Å². The normalized spacial score (nSPS) is 12.2. The van der Waals surface area contributed by atoms with Gasteiger partial charge >= 0.3 is 6.03 Å². The number of rotatable bonds is 5. The molecule has 0 saturated heterocycles. The van der Waals surface area contributed by atoms with Gasteiger partial charge in [-0.3, -0.25) is 0 Å². The molecular formula is C11H19N3O3. The molecule has 0 radical (unpaired) electrons. The number of nitrogens with one attached hydrogen (secondary N) is 1. The third-order valence-electron chi connectivity index (χ3n) is 2.21. The fourth-order valence-electron chi connectivity index (χ4n) is 1.42. The summed E-state index contributed by atoms with van der Waals surface area (Å²) < 4.78 is 9.88. The highest BCUT2D eigenvalue weighted by Gasteiger charge is 2.13. The van der Waals surface area contributed by atoms with Crippen molar-refractivity contribution < 1.29 is 14.1 Å². The molecule has 0 aliphatic heterocycles. The van der Waals surface area contributed by atoms with Gasteiger partial charge < -0.3 is 19.5 Å². The van der Waals surface area contributed by atoms with Crippen LogP contribution in [0.1, 0.15) is 18.4 Å². The minimum Gasteiger partial charge on any atom is -0.383 e. The van der Waals surface area contributed by atoms with E-state index in [2.05, 4.69) is 10.5 Å². The van der Waals surface area contributed by atoms with E-state index >= 15 is 0 Å². The number of nitrogens with zero attached hydrogens (tertiary/aromatic N) is 2. The van der Waals surface area contributed by atoms with E-state index in [1.807, 2.05) is 19.9 Å². The Kier molecular flexibility index (Phi) is 4.96. The van der Waals surface area contributed by atoms with Crippen molar-refractivity contribution in [2.24, 2.45) is 0 Å². The highest BCUT2D eigenvalue weighted by molar-refractivity contribution is 5.74. The Labute approximate surface area is 101 Å². The lowest BCUT2D eigenvalue weighted by atomic mass is 10.3. The number of ether oxygens (including phenoxy) is 1. The molecule has 0 fully saturated rings. The SMILES string of the molecule is COC[C@@H](C)NC(=O)N(C)Cc1cc(C)on1. The third-order valence-corrected chi connectivity index (χ3v) is 2.21. The molecule has 6 heteroatoms. The van der Waals surface area contributed by atoms with Crippen molar-refractivity contribution in [2.75, 3.05) is 20.8 Å². The second-order valence-corrected chi connectivity index (χ2v) is 4.09. The summed E-state index contributed by atoms with van der Waals surface area (Å²) >= 11 is 0. The third kappa shape index (κ3) is 4.44. The quantitative estimate of drug-likeness (QED) is 0.840. The first-order chi connectivity index (χ1) is 8.02. The molecule has 0 aliphatic rings. The van der Waals surface area contributed by atoms with E-state index in [0.29, 0.717) is 13.2 Å². The van der Waals surface area contributed by atoms with Gasteiger partial charge in [0, 0.05) is 20.2 Å². The molecule has 1 aromatic heterocycles. The molecular weight excluding hydrogens is 222 g/mol. The van der Waals surface area contributed by atoms with Gasteiger partial charge in [-0.2, -0.15) is 0 Å². The van der Waals surface area contributed by atoms with E-state index < -0.39 is 0 Å². The molecule has 1 aromatic rings. The van der Waals surface area contributed by atoms with Crippen molar-refractivity contribution in [3.8, 4) is 0 Å². The number of aryl methyl sites for hydroxylation is 1. The van der Waals surface area contributed by atoms with Gasteiger partial charge in [0.15, 0.2) is 0 Å². The molecule has 96 valence electrons. The maximum absolute atomic E-state index is 11.7. The van der Waals surface area contributed by atoms with E-state index in [1.54, 1.807) is 19.1 Å². The predicted octanol–water partition coefficient (Wildman–Crippen LogP) is 1.16. The molecule has 1 rings (SSSR count). The standard InChI is InChI=1S/C11H19N3O3/c1-8(7-16-4)12-11(15)14(3)6-10-5-9(2)17-13-10/h5,8H,6-7H2,1-4H3,(H,12,15)/t8-/m1/s1. The van der Waals surface area contributed by atoms with E-state index in [0.717, 1.165) is 11.5 Å². The average molecular weight is 241 g/mol. The average Bonchev–Trinajstić information content (AvgIpc) is 2.64. The number of amides is 2. The van der Waals surface area contributed by atoms with Gasteiger partial charge in [0.2, 0.25) is 0 Å². The van der Waals surface area contributed by atoms with Crippen LogP contribution >= 0.6 is 0 Å². The van der Waals surface area contributed by atoms with Crippen molar-refractivity contribution in [3.63, 3.8) is 0 Å². The molecule has 0 aromatic carbocycles. The molecule has 2 amide bonds. The fourth-order valence-corrected chi connectivity index (χ4v) is 1.42. The number of urea groups is 1. The first kappa shape index (κ1) is 13.5. The Hall–Kier alpha value is -1.56.